The molecule has 2 aromatic carbocycles. The molecule has 8 nitrogen and oxygen atoms in total. The van der Waals surface area contributed by atoms with E-state index in [2.05, 4.69) is 0 Å². The number of nitrogen functional groups attached to an aromatic ring is 1. The standard InChI is InChI=1S/C13H11N3O5/c14-11-3-1-2-4-13(11)21-8-9-5-6-10(15(17)18)7-12(9)16(19)20/h1-7H,8,14H2. The topological polar surface area (TPSA) is 122 Å². The zero-order valence-electron chi connectivity index (χ0n) is 10.8. The fraction of sp³-hybridized carbons (Fsp3) is 0.0769. The molecule has 21 heavy (non-hydrogen) atoms. The van der Waals surface area contributed by atoms with Crippen LogP contribution in [-0.4, -0.2) is 9.85 Å². The van der Waals surface area contributed by atoms with Gasteiger partial charge in [-0.15, -0.1) is 0 Å². The lowest BCUT2D eigenvalue weighted by Gasteiger charge is -2.08. The Morgan fingerprint density at radius 3 is 2.38 bits per heavy atom. The zero-order valence-corrected chi connectivity index (χ0v) is 10.8. The lowest BCUT2D eigenvalue weighted by molar-refractivity contribution is -0.394. The maximum Gasteiger partial charge on any atom is 0.282 e. The molecule has 0 atom stereocenters. The summed E-state index contributed by atoms with van der Waals surface area (Å²) in [5.41, 5.74) is 5.63. The van der Waals surface area contributed by atoms with Crippen LogP contribution < -0.4 is 10.5 Å². The van der Waals surface area contributed by atoms with Gasteiger partial charge in [0.2, 0.25) is 0 Å². The van der Waals surface area contributed by atoms with Gasteiger partial charge < -0.3 is 10.5 Å². The Morgan fingerprint density at radius 2 is 1.76 bits per heavy atom. The molecule has 0 heterocycles. The highest BCUT2D eigenvalue weighted by Crippen LogP contribution is 2.27. The van der Waals surface area contributed by atoms with Gasteiger partial charge in [-0.05, 0) is 18.2 Å². The van der Waals surface area contributed by atoms with Crippen LogP contribution in [0.25, 0.3) is 0 Å². The summed E-state index contributed by atoms with van der Waals surface area (Å²) in [7, 11) is 0. The number of benzene rings is 2. The minimum Gasteiger partial charge on any atom is -0.486 e. The first-order valence-corrected chi connectivity index (χ1v) is 5.88. The average Bonchev–Trinajstić information content (AvgIpc) is 2.46. The Hall–Kier alpha value is -3.16. The van der Waals surface area contributed by atoms with E-state index in [-0.39, 0.29) is 23.5 Å². The quantitative estimate of drug-likeness (QED) is 0.513. The van der Waals surface area contributed by atoms with Crippen molar-refractivity contribution >= 4 is 17.1 Å². The van der Waals surface area contributed by atoms with Gasteiger partial charge in [0, 0.05) is 6.07 Å². The van der Waals surface area contributed by atoms with Gasteiger partial charge in [-0.3, -0.25) is 20.2 Å². The Labute approximate surface area is 119 Å². The van der Waals surface area contributed by atoms with E-state index < -0.39 is 9.85 Å². The molecular formula is C13H11N3O5. The first-order valence-electron chi connectivity index (χ1n) is 5.88. The number of nitro groups is 2. The van der Waals surface area contributed by atoms with Crippen molar-refractivity contribution in [1.29, 1.82) is 0 Å². The van der Waals surface area contributed by atoms with Crippen molar-refractivity contribution in [3.8, 4) is 5.75 Å². The summed E-state index contributed by atoms with van der Waals surface area (Å²) in [4.78, 5) is 20.3. The second-order valence-corrected chi connectivity index (χ2v) is 4.15. The largest absolute Gasteiger partial charge is 0.486 e. The molecule has 0 aromatic heterocycles. The molecule has 0 spiro atoms. The van der Waals surface area contributed by atoms with Gasteiger partial charge in [0.15, 0.2) is 0 Å². The van der Waals surface area contributed by atoms with Crippen molar-refractivity contribution in [2.24, 2.45) is 0 Å². The molecule has 0 aliphatic rings. The van der Waals surface area contributed by atoms with Crippen LogP contribution >= 0.6 is 0 Å². The third kappa shape index (κ3) is 3.24. The highest BCUT2D eigenvalue weighted by atomic mass is 16.6. The second-order valence-electron chi connectivity index (χ2n) is 4.15. The van der Waals surface area contributed by atoms with Crippen LogP contribution in [0.4, 0.5) is 17.1 Å². The van der Waals surface area contributed by atoms with Gasteiger partial charge in [-0.2, -0.15) is 0 Å². The highest BCUT2D eigenvalue weighted by molar-refractivity contribution is 5.53. The van der Waals surface area contributed by atoms with Crippen LogP contribution in [0.15, 0.2) is 42.5 Å². The van der Waals surface area contributed by atoms with Crippen molar-refractivity contribution in [2.75, 3.05) is 5.73 Å². The fourth-order valence-corrected chi connectivity index (χ4v) is 1.73. The van der Waals surface area contributed by atoms with Crippen LogP contribution in [-0.2, 0) is 6.61 Å². The Kier molecular flexibility index (Phi) is 3.98. The first-order chi connectivity index (χ1) is 9.99. The summed E-state index contributed by atoms with van der Waals surface area (Å²) in [6.07, 6.45) is 0. The van der Waals surface area contributed by atoms with Gasteiger partial charge >= 0.3 is 0 Å². The van der Waals surface area contributed by atoms with Crippen molar-refractivity contribution in [3.05, 3.63) is 68.3 Å². The van der Waals surface area contributed by atoms with Crippen LogP contribution in [0.1, 0.15) is 5.56 Å². The number of ether oxygens (including phenoxy) is 1. The molecule has 0 fully saturated rings. The van der Waals surface area contributed by atoms with Gasteiger partial charge in [0.05, 0.1) is 27.2 Å². The molecule has 0 aliphatic carbocycles. The second kappa shape index (κ2) is 5.87. The maximum absolute atomic E-state index is 11.0. The molecular weight excluding hydrogens is 278 g/mol. The van der Waals surface area contributed by atoms with E-state index >= 15 is 0 Å². The summed E-state index contributed by atoms with van der Waals surface area (Å²) in [6, 6.07) is 10.1. The summed E-state index contributed by atoms with van der Waals surface area (Å²) < 4.78 is 5.41. The van der Waals surface area contributed by atoms with Crippen molar-refractivity contribution in [2.45, 2.75) is 6.61 Å². The summed E-state index contributed by atoms with van der Waals surface area (Å²) >= 11 is 0. The number of hydrogen-bond acceptors (Lipinski definition) is 6. The van der Waals surface area contributed by atoms with E-state index in [0.717, 1.165) is 6.07 Å². The first kappa shape index (κ1) is 14.3. The molecule has 0 unspecified atom stereocenters. The summed E-state index contributed by atoms with van der Waals surface area (Å²) in [5, 5.41) is 21.6. The molecule has 0 bridgehead atoms. The predicted molar refractivity (Wildman–Crippen MR) is 74.9 cm³/mol. The number of rotatable bonds is 5. The number of nitrogens with two attached hydrogens (primary N) is 1. The zero-order chi connectivity index (χ0) is 15.4. The van der Waals surface area contributed by atoms with Crippen molar-refractivity contribution in [3.63, 3.8) is 0 Å². The monoisotopic (exact) mass is 289 g/mol. The van der Waals surface area contributed by atoms with Crippen molar-refractivity contribution < 1.29 is 14.6 Å². The highest BCUT2D eigenvalue weighted by Gasteiger charge is 2.19. The molecule has 0 saturated heterocycles. The molecule has 2 N–H and O–H groups in total. The molecule has 2 rings (SSSR count). The van der Waals surface area contributed by atoms with Gasteiger partial charge in [-0.25, -0.2) is 0 Å². The van der Waals surface area contributed by atoms with E-state index in [1.165, 1.54) is 12.1 Å². The molecule has 0 radical (unpaired) electrons. The molecule has 8 heteroatoms. The Morgan fingerprint density at radius 1 is 1.05 bits per heavy atom. The van der Waals surface area contributed by atoms with Gasteiger partial charge in [-0.1, -0.05) is 12.1 Å². The van der Waals surface area contributed by atoms with E-state index in [1.54, 1.807) is 24.3 Å². The third-order valence-corrected chi connectivity index (χ3v) is 2.78. The smallest absolute Gasteiger partial charge is 0.282 e. The van der Waals surface area contributed by atoms with Crippen LogP contribution in [0.3, 0.4) is 0 Å². The van der Waals surface area contributed by atoms with Gasteiger partial charge in [0.25, 0.3) is 11.4 Å². The normalized spacial score (nSPS) is 10.1. The SMILES string of the molecule is Nc1ccccc1OCc1ccc([N+](=O)[O-])cc1[N+](=O)[O-]. The molecule has 108 valence electrons. The number of non-ortho nitro benzene ring substituents is 1. The predicted octanol–water partition coefficient (Wildman–Crippen LogP) is 2.66. The molecule has 0 amide bonds. The van der Waals surface area contributed by atoms with Crippen LogP contribution in [0.5, 0.6) is 5.75 Å². The summed E-state index contributed by atoms with van der Waals surface area (Å²) in [6.45, 7) is -0.109. The number of hydrogen-bond donors (Lipinski definition) is 1. The molecule has 0 saturated carbocycles. The van der Waals surface area contributed by atoms with E-state index in [1.807, 2.05) is 0 Å². The number of nitro benzene ring substituents is 2. The minimum atomic E-state index is -0.688. The third-order valence-electron chi connectivity index (χ3n) is 2.78. The van der Waals surface area contributed by atoms with Crippen LogP contribution in [0.2, 0.25) is 0 Å². The van der Waals surface area contributed by atoms with E-state index in [0.29, 0.717) is 11.4 Å². The lowest BCUT2D eigenvalue weighted by Crippen LogP contribution is -2.03. The van der Waals surface area contributed by atoms with E-state index in [9.17, 15) is 20.2 Å². The number of nitrogens with zero attached hydrogens (tertiary/aromatic N) is 2. The van der Waals surface area contributed by atoms with E-state index in [4.69, 9.17) is 10.5 Å². The average molecular weight is 289 g/mol. The fourth-order valence-electron chi connectivity index (χ4n) is 1.73. The Bertz CT molecular complexity index is 702. The molecule has 0 aliphatic heterocycles. The van der Waals surface area contributed by atoms with Gasteiger partial charge in [0.1, 0.15) is 12.4 Å². The Balaban J connectivity index is 2.26. The minimum absolute atomic E-state index is 0.109. The number of para-hydroxylation sites is 2. The van der Waals surface area contributed by atoms with Crippen LogP contribution in [0, 0.1) is 20.2 Å². The molecule has 2 aromatic rings. The maximum atomic E-state index is 11.0. The lowest BCUT2D eigenvalue weighted by atomic mass is 10.1. The number of anilines is 1. The van der Waals surface area contributed by atoms with Crippen molar-refractivity contribution in [1.82, 2.24) is 0 Å². The summed E-state index contributed by atoms with van der Waals surface area (Å²) in [5.74, 6) is 0.394.